The number of fused-ring (bicyclic) bond motifs is 1. The van der Waals surface area contributed by atoms with Gasteiger partial charge < -0.3 is 16.8 Å². The molecule has 1 aliphatic rings. The van der Waals surface area contributed by atoms with Gasteiger partial charge in [0.2, 0.25) is 0 Å². The molecule has 6 nitrogen and oxygen atoms in total. The highest BCUT2D eigenvalue weighted by Crippen LogP contribution is 2.35. The van der Waals surface area contributed by atoms with Crippen LogP contribution in [-0.2, 0) is 0 Å². The molecular formula is C27H29ClN6S. The summed E-state index contributed by atoms with van der Waals surface area (Å²) in [6.45, 7) is 0. The molecule has 2 heterocycles. The fraction of sp³-hybridized carbons (Fsp3) is 0.259. The average Bonchev–Trinajstić information content (AvgIpc) is 3.31. The number of aromatic nitrogens is 2. The minimum Gasteiger partial charge on any atom is -0.383 e. The molecular weight excluding hydrogens is 476 g/mol. The van der Waals surface area contributed by atoms with Crippen molar-refractivity contribution in [1.29, 1.82) is 0 Å². The van der Waals surface area contributed by atoms with Gasteiger partial charge in [0.15, 0.2) is 0 Å². The van der Waals surface area contributed by atoms with E-state index in [1.807, 2.05) is 28.8 Å². The fourth-order valence-electron chi connectivity index (χ4n) is 4.63. The molecule has 4 aromatic rings. The maximum absolute atomic E-state index is 6.56. The molecule has 8 heteroatoms. The van der Waals surface area contributed by atoms with Crippen molar-refractivity contribution in [3.05, 3.63) is 77.6 Å². The summed E-state index contributed by atoms with van der Waals surface area (Å²) >= 11 is 8.08. The first-order valence-electron chi connectivity index (χ1n) is 11.8. The molecule has 0 bridgehead atoms. The first-order chi connectivity index (χ1) is 17.0. The molecule has 0 aliphatic heterocycles. The van der Waals surface area contributed by atoms with E-state index in [1.54, 1.807) is 18.0 Å². The van der Waals surface area contributed by atoms with E-state index in [-0.39, 0.29) is 6.04 Å². The number of anilines is 1. The first kappa shape index (κ1) is 23.7. The van der Waals surface area contributed by atoms with E-state index in [4.69, 9.17) is 23.1 Å². The molecule has 35 heavy (non-hydrogen) atoms. The second-order valence-corrected chi connectivity index (χ2v) is 10.2. The van der Waals surface area contributed by atoms with Crippen LogP contribution in [0.25, 0.3) is 16.6 Å². The molecule has 0 spiro atoms. The predicted octanol–water partition coefficient (Wildman–Crippen LogP) is 6.10. The second kappa shape index (κ2) is 10.3. The predicted molar refractivity (Wildman–Crippen MR) is 148 cm³/mol. The highest BCUT2D eigenvalue weighted by Gasteiger charge is 2.22. The van der Waals surface area contributed by atoms with Crippen molar-refractivity contribution in [2.45, 2.75) is 42.7 Å². The van der Waals surface area contributed by atoms with Crippen molar-refractivity contribution < 1.29 is 0 Å². The summed E-state index contributed by atoms with van der Waals surface area (Å²) in [5, 5.41) is 9.02. The Kier molecular flexibility index (Phi) is 7.00. The van der Waals surface area contributed by atoms with Crippen LogP contribution in [0, 0.1) is 0 Å². The lowest BCUT2D eigenvalue weighted by Crippen LogP contribution is -2.33. The molecule has 0 saturated heterocycles. The number of nitrogens with zero attached hydrogens (tertiary/aromatic N) is 3. The SMILES string of the molecule is CSc1ccccc1-c1cc2c(NC3CCC(N)CC3)c(C(N)=Nc3ccccc3Cl)cnn2c1. The van der Waals surface area contributed by atoms with Crippen molar-refractivity contribution in [1.82, 2.24) is 9.61 Å². The zero-order valence-corrected chi connectivity index (χ0v) is 21.2. The van der Waals surface area contributed by atoms with Gasteiger partial charge in [0.1, 0.15) is 5.84 Å². The Balaban J connectivity index is 1.62. The average molecular weight is 505 g/mol. The Labute approximate surface area is 214 Å². The number of halogens is 1. The summed E-state index contributed by atoms with van der Waals surface area (Å²) in [6, 6.07) is 18.6. The number of hydrogen-bond acceptors (Lipinski definition) is 5. The van der Waals surface area contributed by atoms with Crippen LogP contribution in [0.5, 0.6) is 0 Å². The smallest absolute Gasteiger partial charge is 0.135 e. The van der Waals surface area contributed by atoms with E-state index in [0.29, 0.717) is 22.6 Å². The number of para-hydroxylation sites is 1. The van der Waals surface area contributed by atoms with Gasteiger partial charge in [-0.2, -0.15) is 5.10 Å². The highest BCUT2D eigenvalue weighted by atomic mass is 35.5. The number of thioether (sulfide) groups is 1. The summed E-state index contributed by atoms with van der Waals surface area (Å²) in [4.78, 5) is 5.87. The lowest BCUT2D eigenvalue weighted by molar-refractivity contribution is 0.411. The van der Waals surface area contributed by atoms with Crippen LogP contribution in [-0.4, -0.2) is 33.8 Å². The molecule has 5 N–H and O–H groups in total. The topological polar surface area (TPSA) is 93.7 Å². The maximum Gasteiger partial charge on any atom is 0.135 e. The van der Waals surface area contributed by atoms with Crippen molar-refractivity contribution in [2.75, 3.05) is 11.6 Å². The Bertz CT molecular complexity index is 1370. The van der Waals surface area contributed by atoms with Gasteiger partial charge in [-0.3, -0.25) is 0 Å². The maximum atomic E-state index is 6.56. The van der Waals surface area contributed by atoms with E-state index in [0.717, 1.165) is 48.0 Å². The molecule has 2 aromatic carbocycles. The summed E-state index contributed by atoms with van der Waals surface area (Å²) in [7, 11) is 0. The summed E-state index contributed by atoms with van der Waals surface area (Å²) in [5.41, 5.74) is 18.3. The van der Waals surface area contributed by atoms with E-state index in [1.165, 1.54) is 10.5 Å². The van der Waals surface area contributed by atoms with Gasteiger partial charge in [0.25, 0.3) is 0 Å². The Hall–Kier alpha value is -3.00. The third kappa shape index (κ3) is 5.03. The molecule has 0 atom stereocenters. The van der Waals surface area contributed by atoms with E-state index >= 15 is 0 Å². The van der Waals surface area contributed by atoms with E-state index in [9.17, 15) is 0 Å². The molecule has 5 rings (SSSR count). The van der Waals surface area contributed by atoms with Crippen molar-refractivity contribution >= 4 is 46.1 Å². The molecule has 1 fully saturated rings. The van der Waals surface area contributed by atoms with Crippen molar-refractivity contribution in [2.24, 2.45) is 16.5 Å². The largest absolute Gasteiger partial charge is 0.383 e. The number of rotatable bonds is 6. The minimum atomic E-state index is 0.278. The van der Waals surface area contributed by atoms with Gasteiger partial charge in [-0.15, -0.1) is 11.8 Å². The van der Waals surface area contributed by atoms with Crippen LogP contribution < -0.4 is 16.8 Å². The molecule has 1 saturated carbocycles. The Morgan fingerprint density at radius 3 is 2.63 bits per heavy atom. The highest BCUT2D eigenvalue weighted by molar-refractivity contribution is 7.98. The number of aliphatic imine (C=N–C) groups is 1. The van der Waals surface area contributed by atoms with Crippen LogP contribution in [0.3, 0.4) is 0 Å². The van der Waals surface area contributed by atoms with Crippen LogP contribution in [0.4, 0.5) is 11.4 Å². The van der Waals surface area contributed by atoms with Crippen molar-refractivity contribution in [3.8, 4) is 11.1 Å². The zero-order valence-electron chi connectivity index (χ0n) is 19.6. The Morgan fingerprint density at radius 1 is 1.11 bits per heavy atom. The summed E-state index contributed by atoms with van der Waals surface area (Å²) in [5.74, 6) is 0.371. The van der Waals surface area contributed by atoms with Crippen LogP contribution in [0.1, 0.15) is 31.2 Å². The molecule has 0 radical (unpaired) electrons. The third-order valence-corrected chi connectivity index (χ3v) is 7.66. The van der Waals surface area contributed by atoms with Crippen molar-refractivity contribution in [3.63, 3.8) is 0 Å². The fourth-order valence-corrected chi connectivity index (χ4v) is 5.43. The van der Waals surface area contributed by atoms with Gasteiger partial charge in [-0.25, -0.2) is 9.51 Å². The number of nitrogens with one attached hydrogen (secondary N) is 1. The van der Waals surface area contributed by atoms with Crippen LogP contribution in [0.15, 0.2) is 76.9 Å². The van der Waals surface area contributed by atoms with Gasteiger partial charge in [0, 0.05) is 28.7 Å². The number of nitrogens with two attached hydrogens (primary N) is 2. The third-order valence-electron chi connectivity index (χ3n) is 6.54. The van der Waals surface area contributed by atoms with Crippen LogP contribution in [0.2, 0.25) is 5.02 Å². The number of benzene rings is 2. The molecule has 180 valence electrons. The van der Waals surface area contributed by atoms with E-state index in [2.05, 4.69) is 58.2 Å². The van der Waals surface area contributed by atoms with E-state index < -0.39 is 0 Å². The molecule has 1 aliphatic carbocycles. The van der Waals surface area contributed by atoms with Gasteiger partial charge in [0.05, 0.1) is 33.7 Å². The van der Waals surface area contributed by atoms with Gasteiger partial charge in [-0.05, 0) is 61.8 Å². The zero-order chi connectivity index (χ0) is 24.4. The molecule has 0 amide bonds. The summed E-state index contributed by atoms with van der Waals surface area (Å²) in [6.07, 6.45) is 9.98. The standard InChI is InChI=1S/C27H29ClN6S/c1-35-25-9-5-2-6-20(25)17-14-24-26(32-19-12-10-18(29)11-13-19)21(15-31-34(24)16-17)27(30)33-23-8-4-3-7-22(23)28/h2-9,14-16,18-19,32H,10-13,29H2,1H3,(H2,30,33). The second-order valence-electron chi connectivity index (χ2n) is 8.90. The monoisotopic (exact) mass is 504 g/mol. The molecule has 0 unspecified atom stereocenters. The van der Waals surface area contributed by atoms with Gasteiger partial charge >= 0.3 is 0 Å². The number of hydrogen-bond donors (Lipinski definition) is 3. The lowest BCUT2D eigenvalue weighted by Gasteiger charge is -2.28. The normalized spacial score (nSPS) is 18.7. The number of amidine groups is 1. The summed E-state index contributed by atoms with van der Waals surface area (Å²) < 4.78 is 1.91. The quantitative estimate of drug-likeness (QED) is 0.168. The van der Waals surface area contributed by atoms with Crippen LogP contribution >= 0.6 is 23.4 Å². The lowest BCUT2D eigenvalue weighted by atomic mass is 9.91. The minimum absolute atomic E-state index is 0.278. The van der Waals surface area contributed by atoms with Gasteiger partial charge in [-0.1, -0.05) is 41.9 Å². The first-order valence-corrected chi connectivity index (χ1v) is 13.4. The molecule has 2 aromatic heterocycles. The Morgan fingerprint density at radius 2 is 1.86 bits per heavy atom.